The van der Waals surface area contributed by atoms with E-state index in [9.17, 15) is 14.4 Å². The lowest BCUT2D eigenvalue weighted by Crippen LogP contribution is -2.30. The Labute approximate surface area is 292 Å². The first kappa shape index (κ1) is 33.2. The Bertz CT molecular complexity index is 2080. The van der Waals surface area contributed by atoms with Crippen molar-refractivity contribution in [2.24, 2.45) is 0 Å². The molecule has 244 valence electrons. The Morgan fingerprint density at radius 3 is 2.18 bits per heavy atom. The zero-order valence-electron chi connectivity index (χ0n) is 26.8. The highest BCUT2D eigenvalue weighted by molar-refractivity contribution is 8.00. The van der Waals surface area contributed by atoms with E-state index in [0.29, 0.717) is 16.4 Å². The fraction of sp³-hybridized carbons (Fsp3) is 0.0769. The Kier molecular flexibility index (Phi) is 10.5. The van der Waals surface area contributed by atoms with Gasteiger partial charge in [-0.3, -0.25) is 14.4 Å². The molecule has 5 aromatic carbocycles. The van der Waals surface area contributed by atoms with Crippen LogP contribution < -0.4 is 20.9 Å². The minimum atomic E-state index is -0.593. The number of nitrogens with one attached hydrogen (secondary N) is 3. The SMILES string of the molecule is CN(C)c1ccc(/C=C(/NC(=O)c2ccccc2)C(=O)Nc2cccc(SC(C(=O)Nc3nc4ccccc4s3)c3ccccc3)c2)cc1. The van der Waals surface area contributed by atoms with E-state index < -0.39 is 17.1 Å². The van der Waals surface area contributed by atoms with Crippen LogP contribution in [0, 0.1) is 0 Å². The van der Waals surface area contributed by atoms with Gasteiger partial charge >= 0.3 is 0 Å². The summed E-state index contributed by atoms with van der Waals surface area (Å²) in [5.74, 6) is -1.10. The average Bonchev–Trinajstić information content (AvgIpc) is 3.53. The van der Waals surface area contributed by atoms with Gasteiger partial charge in [-0.2, -0.15) is 0 Å². The van der Waals surface area contributed by atoms with Crippen molar-refractivity contribution in [2.75, 3.05) is 29.6 Å². The maximum Gasteiger partial charge on any atom is 0.272 e. The number of para-hydroxylation sites is 1. The van der Waals surface area contributed by atoms with Crippen LogP contribution in [0.15, 0.2) is 144 Å². The van der Waals surface area contributed by atoms with Crippen LogP contribution in [0.25, 0.3) is 16.3 Å². The van der Waals surface area contributed by atoms with Gasteiger partial charge in [-0.15, -0.1) is 11.8 Å². The second-order valence-corrected chi connectivity index (χ2v) is 13.4. The highest BCUT2D eigenvalue weighted by Crippen LogP contribution is 2.38. The molecule has 0 saturated carbocycles. The molecule has 49 heavy (non-hydrogen) atoms. The zero-order valence-corrected chi connectivity index (χ0v) is 28.4. The van der Waals surface area contributed by atoms with Crippen molar-refractivity contribution in [1.82, 2.24) is 10.3 Å². The number of fused-ring (bicyclic) bond motifs is 1. The normalized spacial score (nSPS) is 11.8. The summed E-state index contributed by atoms with van der Waals surface area (Å²) >= 11 is 2.79. The summed E-state index contributed by atoms with van der Waals surface area (Å²) < 4.78 is 0.990. The lowest BCUT2D eigenvalue weighted by molar-refractivity contribution is -0.116. The third kappa shape index (κ3) is 8.61. The first-order valence-corrected chi connectivity index (χ1v) is 17.2. The van der Waals surface area contributed by atoms with E-state index in [0.717, 1.165) is 31.9 Å². The molecule has 1 heterocycles. The van der Waals surface area contributed by atoms with Crippen LogP contribution in [-0.4, -0.2) is 36.8 Å². The molecule has 0 aliphatic carbocycles. The van der Waals surface area contributed by atoms with E-state index in [2.05, 4.69) is 20.9 Å². The predicted octanol–water partition coefficient (Wildman–Crippen LogP) is 8.24. The molecule has 6 aromatic rings. The van der Waals surface area contributed by atoms with E-state index in [-0.39, 0.29) is 11.6 Å². The van der Waals surface area contributed by atoms with Gasteiger partial charge in [0, 0.05) is 35.9 Å². The van der Waals surface area contributed by atoms with Gasteiger partial charge in [-0.1, -0.05) is 90.2 Å². The van der Waals surface area contributed by atoms with Crippen LogP contribution >= 0.6 is 23.1 Å². The van der Waals surface area contributed by atoms with E-state index in [1.807, 2.05) is 122 Å². The summed E-state index contributed by atoms with van der Waals surface area (Å²) in [5.41, 5.74) is 4.44. The summed E-state index contributed by atoms with van der Waals surface area (Å²) in [7, 11) is 3.90. The molecule has 6 rings (SSSR count). The topological polar surface area (TPSA) is 103 Å². The third-order valence-electron chi connectivity index (χ3n) is 7.46. The maximum absolute atomic E-state index is 13.7. The van der Waals surface area contributed by atoms with Crippen molar-refractivity contribution >= 4 is 73.6 Å². The van der Waals surface area contributed by atoms with Gasteiger partial charge in [0.15, 0.2) is 5.13 Å². The molecule has 1 aromatic heterocycles. The average molecular weight is 684 g/mol. The molecular formula is C39H33N5O3S2. The smallest absolute Gasteiger partial charge is 0.272 e. The van der Waals surface area contributed by atoms with E-state index in [1.54, 1.807) is 36.4 Å². The molecule has 3 N–H and O–H groups in total. The second-order valence-electron chi connectivity index (χ2n) is 11.2. The van der Waals surface area contributed by atoms with Crippen molar-refractivity contribution in [3.8, 4) is 0 Å². The molecule has 8 nitrogen and oxygen atoms in total. The molecule has 10 heteroatoms. The number of hydrogen-bond donors (Lipinski definition) is 3. The maximum atomic E-state index is 13.7. The second kappa shape index (κ2) is 15.5. The number of hydrogen-bond acceptors (Lipinski definition) is 7. The van der Waals surface area contributed by atoms with Crippen LogP contribution in [0.2, 0.25) is 0 Å². The fourth-order valence-electron chi connectivity index (χ4n) is 4.96. The van der Waals surface area contributed by atoms with Crippen LogP contribution in [0.4, 0.5) is 16.5 Å². The molecule has 0 bridgehead atoms. The molecule has 1 atom stereocenters. The lowest BCUT2D eigenvalue weighted by atomic mass is 10.1. The largest absolute Gasteiger partial charge is 0.378 e. The van der Waals surface area contributed by atoms with Crippen LogP contribution in [0.1, 0.15) is 26.7 Å². The standard InChI is InChI=1S/C39H33N5O3S2/c1-44(2)30-22-20-26(21-23-30)24-33(41-36(45)28-14-7-4-8-15-28)37(46)40-29-16-11-17-31(25-29)48-35(27-12-5-3-6-13-27)38(47)43-39-42-32-18-9-10-19-34(32)49-39/h3-25,35H,1-2H3,(H,40,46)(H,41,45)(H,42,43,47)/b33-24+. The van der Waals surface area contributed by atoms with Gasteiger partial charge in [0.05, 0.1) is 10.2 Å². The highest BCUT2D eigenvalue weighted by Gasteiger charge is 2.24. The Morgan fingerprint density at radius 2 is 1.47 bits per heavy atom. The molecule has 3 amide bonds. The number of aromatic nitrogens is 1. The zero-order chi connectivity index (χ0) is 34.2. The number of amides is 3. The number of carbonyl (C=O) groups is 3. The van der Waals surface area contributed by atoms with E-state index in [4.69, 9.17) is 0 Å². The van der Waals surface area contributed by atoms with Gasteiger partial charge in [-0.25, -0.2) is 4.98 Å². The molecular weight excluding hydrogens is 651 g/mol. The Hall–Kier alpha value is -5.71. The first-order chi connectivity index (χ1) is 23.8. The fourth-order valence-corrected chi connectivity index (χ4v) is 6.91. The minimum Gasteiger partial charge on any atom is -0.378 e. The molecule has 0 radical (unpaired) electrons. The van der Waals surface area contributed by atoms with Gasteiger partial charge in [0.2, 0.25) is 5.91 Å². The summed E-state index contributed by atoms with van der Waals surface area (Å²) in [6.45, 7) is 0. The van der Waals surface area contributed by atoms with Crippen LogP contribution in [-0.2, 0) is 9.59 Å². The lowest BCUT2D eigenvalue weighted by Gasteiger charge is -2.17. The molecule has 0 aliphatic rings. The number of rotatable bonds is 11. The third-order valence-corrected chi connectivity index (χ3v) is 9.66. The van der Waals surface area contributed by atoms with Gasteiger partial charge < -0.3 is 20.9 Å². The molecule has 0 spiro atoms. The molecule has 0 fully saturated rings. The van der Waals surface area contributed by atoms with Crippen LogP contribution in [0.3, 0.4) is 0 Å². The quantitative estimate of drug-likeness (QED) is 0.0939. The molecule has 1 unspecified atom stereocenters. The van der Waals surface area contributed by atoms with Gasteiger partial charge in [0.25, 0.3) is 11.8 Å². The summed E-state index contributed by atoms with van der Waals surface area (Å²) in [6.07, 6.45) is 1.64. The van der Waals surface area contributed by atoms with Crippen molar-refractivity contribution in [2.45, 2.75) is 10.1 Å². The molecule has 0 saturated heterocycles. The first-order valence-electron chi connectivity index (χ1n) is 15.5. The number of nitrogens with zero attached hydrogens (tertiary/aromatic N) is 2. The van der Waals surface area contributed by atoms with Gasteiger partial charge in [0.1, 0.15) is 10.9 Å². The van der Waals surface area contributed by atoms with Crippen molar-refractivity contribution < 1.29 is 14.4 Å². The summed E-state index contributed by atoms with van der Waals surface area (Å²) in [5, 5.41) is 8.67. The van der Waals surface area contributed by atoms with Gasteiger partial charge in [-0.05, 0) is 71.8 Å². The van der Waals surface area contributed by atoms with E-state index in [1.165, 1.54) is 23.1 Å². The Balaban J connectivity index is 1.23. The van der Waals surface area contributed by atoms with Crippen molar-refractivity contribution in [3.05, 3.63) is 156 Å². The number of benzene rings is 5. The number of anilines is 3. The van der Waals surface area contributed by atoms with E-state index >= 15 is 0 Å². The summed E-state index contributed by atoms with van der Waals surface area (Å²) in [4.78, 5) is 47.9. The monoisotopic (exact) mass is 683 g/mol. The van der Waals surface area contributed by atoms with Crippen molar-refractivity contribution in [3.63, 3.8) is 0 Å². The number of thiazole rings is 1. The molecule has 0 aliphatic heterocycles. The van der Waals surface area contributed by atoms with Crippen molar-refractivity contribution in [1.29, 1.82) is 0 Å². The highest BCUT2D eigenvalue weighted by atomic mass is 32.2. The number of carbonyl (C=O) groups excluding carboxylic acids is 3. The predicted molar refractivity (Wildman–Crippen MR) is 201 cm³/mol. The Morgan fingerprint density at radius 1 is 0.776 bits per heavy atom. The van der Waals surface area contributed by atoms with Crippen LogP contribution in [0.5, 0.6) is 0 Å². The number of thioether (sulfide) groups is 1. The minimum absolute atomic E-state index is 0.0851. The summed E-state index contributed by atoms with van der Waals surface area (Å²) in [6, 6.07) is 41.0.